The van der Waals surface area contributed by atoms with E-state index in [2.05, 4.69) is 5.32 Å². The van der Waals surface area contributed by atoms with Gasteiger partial charge in [-0.2, -0.15) is 0 Å². The first-order chi connectivity index (χ1) is 12.1. The lowest BCUT2D eigenvalue weighted by Gasteiger charge is -2.13. The summed E-state index contributed by atoms with van der Waals surface area (Å²) in [6, 6.07) is 0. The first-order valence-corrected chi connectivity index (χ1v) is 10.2. The molecule has 1 atom stereocenters. The highest BCUT2D eigenvalue weighted by Crippen LogP contribution is 2.19. The van der Waals surface area contributed by atoms with Gasteiger partial charge in [0.1, 0.15) is 0 Å². The second-order valence-corrected chi connectivity index (χ2v) is 5.15. The zero-order chi connectivity index (χ0) is 20.3. The zero-order valence-corrected chi connectivity index (χ0v) is 17.9. The van der Waals surface area contributed by atoms with E-state index in [0.717, 1.165) is 32.2 Å². The van der Waals surface area contributed by atoms with Crippen LogP contribution in [0.25, 0.3) is 0 Å². The van der Waals surface area contributed by atoms with E-state index in [-0.39, 0.29) is 23.6 Å². The Bertz CT molecular complexity index is 344. The van der Waals surface area contributed by atoms with Crippen LogP contribution in [0.1, 0.15) is 93.9 Å². The molecule has 5 heteroatoms. The van der Waals surface area contributed by atoms with Gasteiger partial charge in [0.05, 0.1) is 0 Å². The van der Waals surface area contributed by atoms with Gasteiger partial charge >= 0.3 is 0 Å². The summed E-state index contributed by atoms with van der Waals surface area (Å²) < 4.78 is 0. The molecule has 0 aromatic carbocycles. The van der Waals surface area contributed by atoms with Crippen LogP contribution in [0.5, 0.6) is 0 Å². The molecule has 1 unspecified atom stereocenters. The number of carbonyl (C=O) groups is 3. The molecule has 5 nitrogen and oxygen atoms in total. The van der Waals surface area contributed by atoms with Crippen molar-refractivity contribution in [3.8, 4) is 0 Å². The number of nitrogens with zero attached hydrogens (tertiary/aromatic N) is 1. The molecule has 1 saturated heterocycles. The summed E-state index contributed by atoms with van der Waals surface area (Å²) in [6.45, 7) is 17.0. The minimum absolute atomic E-state index is 0.0503. The van der Waals surface area contributed by atoms with Gasteiger partial charge in [0.15, 0.2) is 0 Å². The van der Waals surface area contributed by atoms with Crippen molar-refractivity contribution in [2.45, 2.75) is 93.9 Å². The number of imide groups is 1. The Balaban J connectivity index is -0.000000725. The third kappa shape index (κ3) is 13.6. The van der Waals surface area contributed by atoms with Crippen molar-refractivity contribution in [2.24, 2.45) is 5.92 Å². The van der Waals surface area contributed by atoms with E-state index in [1.165, 1.54) is 4.90 Å². The molecule has 3 amide bonds. The van der Waals surface area contributed by atoms with Gasteiger partial charge in [-0.05, 0) is 19.3 Å². The molecule has 0 aliphatic carbocycles. The minimum Gasteiger partial charge on any atom is -0.356 e. The largest absolute Gasteiger partial charge is 0.356 e. The van der Waals surface area contributed by atoms with E-state index in [4.69, 9.17) is 0 Å². The SMILES string of the molecule is CC.CC.CC.CCCNC(=O)CCCCCN1C(=O)CC(C)C1=O. The van der Waals surface area contributed by atoms with E-state index in [0.29, 0.717) is 19.4 Å². The molecule has 0 spiro atoms. The Kier molecular flexibility index (Phi) is 23.5. The fourth-order valence-electron chi connectivity index (χ4n) is 2.17. The number of rotatable bonds is 8. The van der Waals surface area contributed by atoms with Crippen molar-refractivity contribution >= 4 is 17.7 Å². The van der Waals surface area contributed by atoms with Gasteiger partial charge in [-0.1, -0.05) is 61.8 Å². The molecule has 1 aliphatic rings. The maximum absolute atomic E-state index is 11.6. The molecule has 150 valence electrons. The smallest absolute Gasteiger partial charge is 0.232 e. The van der Waals surface area contributed by atoms with Crippen molar-refractivity contribution in [2.75, 3.05) is 13.1 Å². The molecule has 1 N–H and O–H groups in total. The highest BCUT2D eigenvalue weighted by Gasteiger charge is 2.34. The molecule has 0 bridgehead atoms. The standard InChI is InChI=1S/C14H24N2O3.3C2H6/c1-3-8-15-12(17)7-5-4-6-9-16-13(18)10-11(2)14(16)19;3*1-2/h11H,3-10H2,1-2H3,(H,15,17);3*1-2H3. The second-order valence-electron chi connectivity index (χ2n) is 5.15. The number of likely N-dealkylation sites (tertiary alicyclic amines) is 1. The summed E-state index contributed by atoms with van der Waals surface area (Å²) in [5.41, 5.74) is 0. The molecule has 25 heavy (non-hydrogen) atoms. The number of hydrogen-bond acceptors (Lipinski definition) is 3. The van der Waals surface area contributed by atoms with E-state index >= 15 is 0 Å². The lowest BCUT2D eigenvalue weighted by molar-refractivity contribution is -0.139. The van der Waals surface area contributed by atoms with Gasteiger partial charge in [-0.15, -0.1) is 0 Å². The fraction of sp³-hybridized carbons (Fsp3) is 0.850. The van der Waals surface area contributed by atoms with Crippen molar-refractivity contribution in [3.05, 3.63) is 0 Å². The number of hydrogen-bond donors (Lipinski definition) is 1. The van der Waals surface area contributed by atoms with E-state index in [1.807, 2.05) is 48.5 Å². The summed E-state index contributed by atoms with van der Waals surface area (Å²) >= 11 is 0. The maximum Gasteiger partial charge on any atom is 0.232 e. The van der Waals surface area contributed by atoms with Crippen LogP contribution >= 0.6 is 0 Å². The van der Waals surface area contributed by atoms with Crippen molar-refractivity contribution < 1.29 is 14.4 Å². The van der Waals surface area contributed by atoms with E-state index in [1.54, 1.807) is 6.92 Å². The molecular weight excluding hydrogens is 316 g/mol. The van der Waals surface area contributed by atoms with Crippen LogP contribution in [0.2, 0.25) is 0 Å². The summed E-state index contributed by atoms with van der Waals surface area (Å²) in [7, 11) is 0. The summed E-state index contributed by atoms with van der Waals surface area (Å²) in [4.78, 5) is 35.9. The monoisotopic (exact) mass is 358 g/mol. The minimum atomic E-state index is -0.160. The predicted molar refractivity (Wildman–Crippen MR) is 106 cm³/mol. The third-order valence-electron chi connectivity index (χ3n) is 3.33. The molecule has 1 aliphatic heterocycles. The van der Waals surface area contributed by atoms with Gasteiger partial charge in [-0.25, -0.2) is 0 Å². The number of carbonyl (C=O) groups excluding carboxylic acids is 3. The normalized spacial score (nSPS) is 15.2. The topological polar surface area (TPSA) is 66.5 Å². The maximum atomic E-state index is 11.6. The quantitative estimate of drug-likeness (QED) is 0.511. The second kappa shape index (κ2) is 20.7. The molecule has 0 saturated carbocycles. The molecule has 0 aromatic heterocycles. The van der Waals surface area contributed by atoms with E-state index < -0.39 is 0 Å². The van der Waals surface area contributed by atoms with Crippen LogP contribution in [-0.2, 0) is 14.4 Å². The van der Waals surface area contributed by atoms with Crippen molar-refractivity contribution in [1.29, 1.82) is 0 Å². The van der Waals surface area contributed by atoms with Crippen molar-refractivity contribution in [1.82, 2.24) is 10.2 Å². The highest BCUT2D eigenvalue weighted by molar-refractivity contribution is 6.03. The van der Waals surface area contributed by atoms with Gasteiger partial charge in [0.25, 0.3) is 0 Å². The van der Waals surface area contributed by atoms with Crippen LogP contribution < -0.4 is 5.32 Å². The molecule has 1 heterocycles. The summed E-state index contributed by atoms with van der Waals surface area (Å²) in [5.74, 6) is -0.181. The number of nitrogens with one attached hydrogen (secondary N) is 1. The van der Waals surface area contributed by atoms with E-state index in [9.17, 15) is 14.4 Å². The van der Waals surface area contributed by atoms with Crippen LogP contribution in [0.15, 0.2) is 0 Å². The Hall–Kier alpha value is -1.39. The Morgan fingerprint density at radius 1 is 1.04 bits per heavy atom. The summed E-state index contributed by atoms with van der Waals surface area (Å²) in [5, 5.41) is 2.83. The lowest BCUT2D eigenvalue weighted by atomic mass is 10.1. The van der Waals surface area contributed by atoms with Crippen LogP contribution in [0.3, 0.4) is 0 Å². The predicted octanol–water partition coefficient (Wildman–Crippen LogP) is 4.55. The average Bonchev–Trinajstić information content (AvgIpc) is 2.90. The Labute approximate surface area is 155 Å². The first kappa shape index (κ1) is 28.4. The van der Waals surface area contributed by atoms with Gasteiger partial charge in [0, 0.05) is 31.8 Å². The third-order valence-corrected chi connectivity index (χ3v) is 3.33. The molecular formula is C20H42N2O3. The molecule has 0 radical (unpaired) electrons. The van der Waals surface area contributed by atoms with Gasteiger partial charge in [0.2, 0.25) is 17.7 Å². The van der Waals surface area contributed by atoms with Crippen LogP contribution in [0, 0.1) is 5.92 Å². The van der Waals surface area contributed by atoms with Gasteiger partial charge in [-0.3, -0.25) is 19.3 Å². The zero-order valence-electron chi connectivity index (χ0n) is 17.9. The van der Waals surface area contributed by atoms with Crippen molar-refractivity contribution in [3.63, 3.8) is 0 Å². The first-order valence-electron chi connectivity index (χ1n) is 10.2. The average molecular weight is 359 g/mol. The molecule has 1 rings (SSSR count). The fourth-order valence-corrected chi connectivity index (χ4v) is 2.17. The van der Waals surface area contributed by atoms with Gasteiger partial charge < -0.3 is 5.32 Å². The Morgan fingerprint density at radius 3 is 2.04 bits per heavy atom. The number of amides is 3. The van der Waals surface area contributed by atoms with Crippen LogP contribution in [0.4, 0.5) is 0 Å². The van der Waals surface area contributed by atoms with Crippen LogP contribution in [-0.4, -0.2) is 35.7 Å². The summed E-state index contributed by atoms with van der Waals surface area (Å²) in [6.07, 6.45) is 4.28. The lowest BCUT2D eigenvalue weighted by Crippen LogP contribution is -2.31. The molecule has 0 aromatic rings. The molecule has 1 fully saturated rings. The highest BCUT2D eigenvalue weighted by atomic mass is 16.2. The Morgan fingerprint density at radius 2 is 1.60 bits per heavy atom. The number of unbranched alkanes of at least 4 members (excludes halogenated alkanes) is 2.